The number of rotatable bonds is 7. The summed E-state index contributed by atoms with van der Waals surface area (Å²) in [6.07, 6.45) is 5.00. The highest BCUT2D eigenvalue weighted by Crippen LogP contribution is 2.48. The number of benzene rings is 1. The normalized spacial score (nSPS) is 19.2. The Labute approximate surface area is 131 Å². The van der Waals surface area contributed by atoms with E-state index in [0.717, 1.165) is 17.4 Å². The van der Waals surface area contributed by atoms with Crippen LogP contribution in [0.3, 0.4) is 0 Å². The van der Waals surface area contributed by atoms with E-state index in [0.29, 0.717) is 24.0 Å². The highest BCUT2D eigenvalue weighted by atomic mass is 35.5. The van der Waals surface area contributed by atoms with Crippen molar-refractivity contribution in [1.82, 2.24) is 4.72 Å². The highest BCUT2D eigenvalue weighted by molar-refractivity contribution is 7.89. The van der Waals surface area contributed by atoms with Gasteiger partial charge in [0.15, 0.2) is 0 Å². The van der Waals surface area contributed by atoms with Gasteiger partial charge in [-0.3, -0.25) is 0 Å². The molecule has 4 nitrogen and oxygen atoms in total. The molecule has 1 aromatic rings. The molecule has 0 unspecified atom stereocenters. The topological polar surface area (TPSA) is 72.2 Å². The van der Waals surface area contributed by atoms with Gasteiger partial charge in [0.1, 0.15) is 0 Å². The largest absolute Gasteiger partial charge is 0.326 e. The molecule has 0 atom stereocenters. The summed E-state index contributed by atoms with van der Waals surface area (Å²) < 4.78 is 27.5. The van der Waals surface area contributed by atoms with Crippen molar-refractivity contribution in [3.05, 3.63) is 28.8 Å². The van der Waals surface area contributed by atoms with E-state index in [1.54, 1.807) is 12.1 Å². The monoisotopic (exact) mass is 328 g/mol. The molecule has 0 spiro atoms. The molecule has 0 amide bonds. The van der Waals surface area contributed by atoms with E-state index in [4.69, 9.17) is 17.3 Å². The van der Waals surface area contributed by atoms with Gasteiger partial charge in [-0.05, 0) is 61.1 Å². The Kier molecular flexibility index (Phi) is 4.28. The summed E-state index contributed by atoms with van der Waals surface area (Å²) in [6.45, 7) is 0.853. The molecule has 6 heteroatoms. The summed E-state index contributed by atoms with van der Waals surface area (Å²) >= 11 is 6.05. The van der Waals surface area contributed by atoms with Crippen molar-refractivity contribution in [2.45, 2.75) is 37.1 Å². The molecule has 21 heavy (non-hydrogen) atoms. The lowest BCUT2D eigenvalue weighted by atomic mass is 9.99. The molecule has 0 aromatic heterocycles. The van der Waals surface area contributed by atoms with Gasteiger partial charge < -0.3 is 5.73 Å². The van der Waals surface area contributed by atoms with Crippen molar-refractivity contribution >= 4 is 21.6 Å². The minimum atomic E-state index is -3.49. The maximum Gasteiger partial charge on any atom is 0.240 e. The molecule has 3 rings (SSSR count). The second-order valence-electron chi connectivity index (χ2n) is 6.15. The lowest BCUT2D eigenvalue weighted by Crippen LogP contribution is -2.31. The summed E-state index contributed by atoms with van der Waals surface area (Å²) in [6, 6.07) is 4.73. The minimum Gasteiger partial charge on any atom is -0.326 e. The standard InChI is InChI=1S/C15H21ClN2O2S/c16-15-7-13(6-5-12(15)8-17)21(19,20)18-9-14(10-1-2-10)11-3-4-11/h5-7,10-11,14,18H,1-4,8-9,17H2. The third-order valence-electron chi connectivity index (χ3n) is 4.52. The molecule has 0 aliphatic heterocycles. The molecule has 2 aliphatic rings. The quantitative estimate of drug-likeness (QED) is 0.807. The summed E-state index contributed by atoms with van der Waals surface area (Å²) in [5.74, 6) is 1.96. The molecule has 3 N–H and O–H groups in total. The van der Waals surface area contributed by atoms with Crippen LogP contribution in [0.25, 0.3) is 0 Å². The number of halogens is 1. The molecule has 2 aliphatic carbocycles. The Bertz CT molecular complexity index is 613. The SMILES string of the molecule is NCc1ccc(S(=O)(=O)NCC(C2CC2)C2CC2)cc1Cl. The maximum atomic E-state index is 12.4. The van der Waals surface area contributed by atoms with Crippen LogP contribution in [0, 0.1) is 17.8 Å². The van der Waals surface area contributed by atoms with Gasteiger partial charge in [0.25, 0.3) is 0 Å². The fourth-order valence-corrected chi connectivity index (χ4v) is 4.34. The molecular formula is C15H21ClN2O2S. The van der Waals surface area contributed by atoms with Gasteiger partial charge >= 0.3 is 0 Å². The summed E-state index contributed by atoms with van der Waals surface area (Å²) in [5.41, 5.74) is 6.29. The molecule has 0 heterocycles. The first-order chi connectivity index (χ1) is 10.0. The molecule has 2 fully saturated rings. The first-order valence-electron chi connectivity index (χ1n) is 7.49. The average molecular weight is 329 g/mol. The van der Waals surface area contributed by atoms with Crippen molar-refractivity contribution in [2.75, 3.05) is 6.54 Å². The van der Waals surface area contributed by atoms with Crippen molar-refractivity contribution in [2.24, 2.45) is 23.5 Å². The van der Waals surface area contributed by atoms with Gasteiger partial charge in [0.2, 0.25) is 10.0 Å². The number of nitrogens with one attached hydrogen (secondary N) is 1. The van der Waals surface area contributed by atoms with Crippen LogP contribution in [0.5, 0.6) is 0 Å². The Morgan fingerprint density at radius 2 is 1.86 bits per heavy atom. The van der Waals surface area contributed by atoms with Crippen LogP contribution in [0.2, 0.25) is 5.02 Å². The average Bonchev–Trinajstić information content (AvgIpc) is 3.32. The first kappa shape index (κ1) is 15.3. The molecule has 2 saturated carbocycles. The van der Waals surface area contributed by atoms with E-state index in [1.165, 1.54) is 31.7 Å². The Balaban J connectivity index is 1.69. The predicted molar refractivity (Wildman–Crippen MR) is 83.5 cm³/mol. The van der Waals surface area contributed by atoms with Crippen LogP contribution >= 0.6 is 11.6 Å². The van der Waals surface area contributed by atoms with Crippen LogP contribution in [0.4, 0.5) is 0 Å². The second-order valence-corrected chi connectivity index (χ2v) is 8.32. The number of hydrogen-bond donors (Lipinski definition) is 2. The summed E-state index contributed by atoms with van der Waals surface area (Å²) in [7, 11) is -3.49. The fourth-order valence-electron chi connectivity index (χ4n) is 2.92. The van der Waals surface area contributed by atoms with Crippen molar-refractivity contribution in [3.63, 3.8) is 0 Å². The van der Waals surface area contributed by atoms with E-state index >= 15 is 0 Å². The fraction of sp³-hybridized carbons (Fsp3) is 0.600. The van der Waals surface area contributed by atoms with Crippen LogP contribution in [-0.4, -0.2) is 15.0 Å². The number of hydrogen-bond acceptors (Lipinski definition) is 3. The zero-order valence-corrected chi connectivity index (χ0v) is 13.5. The molecule has 0 bridgehead atoms. The Morgan fingerprint density at radius 1 is 1.24 bits per heavy atom. The summed E-state index contributed by atoms with van der Waals surface area (Å²) in [5, 5.41) is 0.404. The lowest BCUT2D eigenvalue weighted by molar-refractivity contribution is 0.401. The van der Waals surface area contributed by atoms with Gasteiger partial charge in [0, 0.05) is 18.1 Å². The Morgan fingerprint density at radius 3 is 2.33 bits per heavy atom. The maximum absolute atomic E-state index is 12.4. The van der Waals surface area contributed by atoms with E-state index < -0.39 is 10.0 Å². The van der Waals surface area contributed by atoms with Crippen LogP contribution < -0.4 is 10.5 Å². The van der Waals surface area contributed by atoms with E-state index in [1.807, 2.05) is 0 Å². The third kappa shape index (κ3) is 3.59. The molecule has 0 radical (unpaired) electrons. The minimum absolute atomic E-state index is 0.218. The second kappa shape index (κ2) is 5.88. The molecule has 116 valence electrons. The van der Waals surface area contributed by atoms with Gasteiger partial charge in [0.05, 0.1) is 4.90 Å². The van der Waals surface area contributed by atoms with Crippen LogP contribution in [0.1, 0.15) is 31.2 Å². The van der Waals surface area contributed by atoms with Crippen LogP contribution in [0.15, 0.2) is 23.1 Å². The zero-order chi connectivity index (χ0) is 15.0. The van der Waals surface area contributed by atoms with E-state index in [2.05, 4.69) is 4.72 Å². The van der Waals surface area contributed by atoms with Crippen LogP contribution in [-0.2, 0) is 16.6 Å². The number of sulfonamides is 1. The van der Waals surface area contributed by atoms with Gasteiger partial charge in [-0.1, -0.05) is 17.7 Å². The number of nitrogens with two attached hydrogens (primary N) is 1. The highest BCUT2D eigenvalue weighted by Gasteiger charge is 2.41. The van der Waals surface area contributed by atoms with Gasteiger partial charge in [-0.25, -0.2) is 13.1 Å². The zero-order valence-electron chi connectivity index (χ0n) is 11.9. The van der Waals surface area contributed by atoms with Crippen molar-refractivity contribution in [1.29, 1.82) is 0 Å². The lowest BCUT2D eigenvalue weighted by Gasteiger charge is -2.16. The molecular weight excluding hydrogens is 308 g/mol. The van der Waals surface area contributed by atoms with Crippen molar-refractivity contribution in [3.8, 4) is 0 Å². The third-order valence-corrected chi connectivity index (χ3v) is 6.29. The Hall–Kier alpha value is -0.620. The molecule has 1 aromatic carbocycles. The van der Waals surface area contributed by atoms with E-state index in [-0.39, 0.29) is 4.90 Å². The first-order valence-corrected chi connectivity index (χ1v) is 9.35. The smallest absolute Gasteiger partial charge is 0.240 e. The predicted octanol–water partition coefficient (Wildman–Crippen LogP) is 2.51. The van der Waals surface area contributed by atoms with Gasteiger partial charge in [-0.2, -0.15) is 0 Å². The van der Waals surface area contributed by atoms with Crippen molar-refractivity contribution < 1.29 is 8.42 Å². The molecule has 0 saturated heterocycles. The summed E-state index contributed by atoms with van der Waals surface area (Å²) in [4.78, 5) is 0.218. The van der Waals surface area contributed by atoms with Gasteiger partial charge in [-0.15, -0.1) is 0 Å². The van der Waals surface area contributed by atoms with E-state index in [9.17, 15) is 8.42 Å².